The predicted octanol–water partition coefficient (Wildman–Crippen LogP) is -2.96. The van der Waals surface area contributed by atoms with Crippen LogP contribution in [-0.2, 0) is 33.2 Å². The van der Waals surface area contributed by atoms with Gasteiger partial charge in [0.15, 0.2) is 11.1 Å². The summed E-state index contributed by atoms with van der Waals surface area (Å²) in [5.41, 5.74) is -2.30. The molecule has 0 saturated carbocycles. The molecule has 3 aliphatic rings. The molecule has 15 atom stereocenters. The van der Waals surface area contributed by atoms with Gasteiger partial charge in [-0.2, -0.15) is 0 Å². The van der Waals surface area contributed by atoms with Crippen molar-refractivity contribution >= 4 is 0 Å². The maximum absolute atomic E-state index is 12.5. The Bertz CT molecular complexity index is 1310. The number of hydrogen-bond donors (Lipinski definition) is 9. The van der Waals surface area contributed by atoms with Crippen LogP contribution in [0.15, 0.2) is 0 Å². The number of rotatable bonds is 15. The molecule has 6 unspecified atom stereocenters. The van der Waals surface area contributed by atoms with E-state index < -0.39 is 105 Å². The summed E-state index contributed by atoms with van der Waals surface area (Å²) in [4.78, 5) is 0. The molecule has 320 valence electrons. The highest BCUT2D eigenvalue weighted by Gasteiger charge is 2.76. The van der Waals surface area contributed by atoms with Crippen molar-refractivity contribution in [3.05, 3.63) is 0 Å². The van der Waals surface area contributed by atoms with Gasteiger partial charge in [-0.25, -0.2) is 0 Å². The van der Waals surface area contributed by atoms with Gasteiger partial charge in [0.2, 0.25) is 0 Å². The molecule has 0 bridgehead atoms. The van der Waals surface area contributed by atoms with Gasteiger partial charge in [-0.1, -0.05) is 6.92 Å². The zero-order chi connectivity index (χ0) is 42.0. The van der Waals surface area contributed by atoms with Crippen molar-refractivity contribution in [3.8, 4) is 0 Å². The van der Waals surface area contributed by atoms with Gasteiger partial charge >= 0.3 is 0 Å². The lowest BCUT2D eigenvalue weighted by Gasteiger charge is -2.66. The molecule has 3 saturated heterocycles. The fourth-order valence-corrected chi connectivity index (χ4v) is 10.0. The molecule has 0 aromatic rings. The first-order valence-electron chi connectivity index (χ1n) is 19.0. The van der Waals surface area contributed by atoms with Crippen molar-refractivity contribution in [2.75, 3.05) is 73.7 Å². The lowest BCUT2D eigenvalue weighted by molar-refractivity contribution is -0.581. The summed E-state index contributed by atoms with van der Waals surface area (Å²) in [5.74, 6) is -1.55. The molecule has 3 heterocycles. The van der Waals surface area contributed by atoms with Crippen molar-refractivity contribution in [2.45, 2.75) is 151 Å². The van der Waals surface area contributed by atoms with Crippen molar-refractivity contribution in [2.24, 2.45) is 17.3 Å². The van der Waals surface area contributed by atoms with Gasteiger partial charge in [0.05, 0.1) is 76.1 Å². The second-order valence-electron chi connectivity index (χ2n) is 19.4. The van der Waals surface area contributed by atoms with E-state index in [1.54, 1.807) is 76.2 Å². The molecule has 3 aliphatic heterocycles. The summed E-state index contributed by atoms with van der Waals surface area (Å²) >= 11 is 0. The van der Waals surface area contributed by atoms with Crippen LogP contribution >= 0.6 is 0 Å². The minimum atomic E-state index is -1.62. The molecule has 0 aliphatic carbocycles. The highest BCUT2D eigenvalue weighted by atomic mass is 16.6. The van der Waals surface area contributed by atoms with E-state index in [-0.39, 0.29) is 39.6 Å². The molecular formula is C38H78N3O13+3. The van der Waals surface area contributed by atoms with Crippen molar-refractivity contribution in [3.63, 3.8) is 0 Å². The molecule has 0 radical (unpaired) electrons. The SMILES string of the molecule is COC[C@]1(C)OC(C)(CO)[C@H](COC[C@]2(C)OC(C)(CO)[C@H](COC[C@]3(C)OC(C)(CO)[C@@](C)(COC)[C@@](C)(O)C3(C)[NH3+])[C@@](C)(O)C2(C)[NH3+])[C@@](C)(O)C1[NH3+]. The van der Waals surface area contributed by atoms with Crippen LogP contribution in [0.2, 0.25) is 0 Å². The molecule has 0 aromatic carbocycles. The maximum Gasteiger partial charge on any atom is 0.152 e. The monoisotopic (exact) mass is 785 g/mol. The fraction of sp³-hybridized carbons (Fsp3) is 1.00. The van der Waals surface area contributed by atoms with Gasteiger partial charge in [-0.3, -0.25) is 0 Å². The summed E-state index contributed by atoms with van der Waals surface area (Å²) in [5, 5.41) is 68.5. The first-order valence-corrected chi connectivity index (χ1v) is 19.0. The number of aliphatic hydroxyl groups is 6. The lowest BCUT2D eigenvalue weighted by Crippen LogP contribution is -2.96. The molecule has 16 nitrogen and oxygen atoms in total. The van der Waals surface area contributed by atoms with E-state index in [2.05, 4.69) is 17.2 Å². The normalized spacial score (nSPS) is 54.2. The third-order valence-corrected chi connectivity index (χ3v) is 15.6. The van der Waals surface area contributed by atoms with Crippen LogP contribution in [0, 0.1) is 17.3 Å². The highest BCUT2D eigenvalue weighted by Crippen LogP contribution is 2.57. The zero-order valence-electron chi connectivity index (χ0n) is 35.8. The Morgan fingerprint density at radius 1 is 0.537 bits per heavy atom. The molecular weight excluding hydrogens is 706 g/mol. The third kappa shape index (κ3) is 6.80. The summed E-state index contributed by atoms with van der Waals surface area (Å²) < 4.78 is 43.5. The maximum atomic E-state index is 12.5. The Kier molecular flexibility index (Phi) is 13.1. The lowest BCUT2D eigenvalue weighted by atomic mass is 9.51. The van der Waals surface area contributed by atoms with E-state index in [4.69, 9.17) is 33.2 Å². The topological polar surface area (TPSA) is 269 Å². The van der Waals surface area contributed by atoms with Crippen LogP contribution in [0.1, 0.15) is 83.1 Å². The largest absolute Gasteiger partial charge is 0.393 e. The van der Waals surface area contributed by atoms with E-state index in [0.717, 1.165) is 0 Å². The van der Waals surface area contributed by atoms with Crippen LogP contribution in [0.25, 0.3) is 0 Å². The second-order valence-corrected chi connectivity index (χ2v) is 19.4. The molecule has 16 heteroatoms. The zero-order valence-corrected chi connectivity index (χ0v) is 35.8. The van der Waals surface area contributed by atoms with Gasteiger partial charge in [0.1, 0.15) is 45.2 Å². The molecule has 0 amide bonds. The Morgan fingerprint density at radius 2 is 0.981 bits per heavy atom. The average Bonchev–Trinajstić information content (AvgIpc) is 3.05. The van der Waals surface area contributed by atoms with Crippen LogP contribution < -0.4 is 17.2 Å². The van der Waals surface area contributed by atoms with Gasteiger partial charge in [-0.05, 0) is 76.2 Å². The number of ether oxygens (including phenoxy) is 7. The van der Waals surface area contributed by atoms with E-state index in [1.165, 1.54) is 14.2 Å². The van der Waals surface area contributed by atoms with Gasteiger partial charge in [0, 0.05) is 26.1 Å². The average molecular weight is 785 g/mol. The second kappa shape index (κ2) is 14.9. The first kappa shape index (κ1) is 47.7. The van der Waals surface area contributed by atoms with Gasteiger partial charge in [-0.15, -0.1) is 0 Å². The third-order valence-electron chi connectivity index (χ3n) is 15.6. The standard InChI is InChI=1S/C38H75N3O13/c1-27(17-42)24(34(8,45)26(39)29(3,52-27)20-48-13)15-50-22-32(6)36(10,40)35(9,46)25(28(2,18-43)53-32)16-51-23-33(7)37(11,41)38(12,47)30(4,21-49-14)31(5,19-44)54-33/h24-26,42-47H,15-23,39-41H2,1-14H3/p+3/t24-,25-,26?,27?,28?,29-,30+,31?,32-,33-,34+,35+,36?,37?,38+/m0/s1. The van der Waals surface area contributed by atoms with Crippen LogP contribution in [0.3, 0.4) is 0 Å². The first-order chi connectivity index (χ1) is 24.3. The summed E-state index contributed by atoms with van der Waals surface area (Å²) in [7, 11) is 3.07. The van der Waals surface area contributed by atoms with Crippen molar-refractivity contribution < 1.29 is 81.0 Å². The minimum absolute atomic E-state index is 0.0545. The summed E-state index contributed by atoms with van der Waals surface area (Å²) in [6.07, 6.45) is 0. The quantitative estimate of drug-likeness (QED) is 0.0805. The van der Waals surface area contributed by atoms with E-state index >= 15 is 0 Å². The fourth-order valence-electron chi connectivity index (χ4n) is 10.0. The summed E-state index contributed by atoms with van der Waals surface area (Å²) in [6.45, 7) is 19.4. The van der Waals surface area contributed by atoms with E-state index in [0.29, 0.717) is 0 Å². The van der Waals surface area contributed by atoms with Gasteiger partial charge < -0.3 is 81.0 Å². The Labute approximate surface area is 322 Å². The van der Waals surface area contributed by atoms with Gasteiger partial charge in [0.25, 0.3) is 0 Å². The predicted molar refractivity (Wildman–Crippen MR) is 197 cm³/mol. The Hall–Kier alpha value is -0.640. The minimum Gasteiger partial charge on any atom is -0.393 e. The van der Waals surface area contributed by atoms with Crippen molar-refractivity contribution in [1.82, 2.24) is 0 Å². The smallest absolute Gasteiger partial charge is 0.152 e. The Morgan fingerprint density at radius 3 is 1.43 bits per heavy atom. The number of methoxy groups -OCH3 is 2. The number of quaternary nitrogens is 3. The van der Waals surface area contributed by atoms with Crippen LogP contribution in [0.4, 0.5) is 0 Å². The number of aliphatic hydroxyl groups excluding tert-OH is 3. The molecule has 0 aromatic heterocycles. The molecule has 54 heavy (non-hydrogen) atoms. The van der Waals surface area contributed by atoms with Crippen LogP contribution in [0.5, 0.6) is 0 Å². The molecule has 0 spiro atoms. The van der Waals surface area contributed by atoms with E-state index in [1.807, 2.05) is 6.92 Å². The summed E-state index contributed by atoms with van der Waals surface area (Å²) in [6, 6.07) is -0.641. The van der Waals surface area contributed by atoms with E-state index in [9.17, 15) is 30.6 Å². The van der Waals surface area contributed by atoms with Crippen LogP contribution in [-0.4, -0.2) is 172 Å². The Balaban J connectivity index is 1.87. The van der Waals surface area contributed by atoms with Crippen molar-refractivity contribution in [1.29, 1.82) is 0 Å². The molecule has 3 rings (SSSR count). The highest BCUT2D eigenvalue weighted by molar-refractivity contribution is 5.22. The molecule has 3 fully saturated rings. The molecule has 15 N–H and O–H groups in total. The number of hydrogen-bond acceptors (Lipinski definition) is 13.